The predicted octanol–water partition coefficient (Wildman–Crippen LogP) is 8.26. The average molecular weight is 857 g/mol. The molecule has 3 aromatic heterocycles. The summed E-state index contributed by atoms with van der Waals surface area (Å²) in [7, 11) is 1.29. The molecule has 0 radical (unpaired) electrons. The zero-order valence-corrected chi connectivity index (χ0v) is 33.8. The van der Waals surface area contributed by atoms with Gasteiger partial charge in [-0.1, -0.05) is 66.5 Å². The number of hydrogen-bond acceptors (Lipinski definition) is 9. The molecule has 0 N–H and O–H groups in total. The van der Waals surface area contributed by atoms with E-state index in [1.165, 1.54) is 19.6 Å². The van der Waals surface area contributed by atoms with Gasteiger partial charge in [0, 0.05) is 0 Å². The molecule has 0 fully saturated rings. The number of anilines is 1. The Kier molecular flexibility index (Phi) is 17.0. The molecular weight excluding hydrogens is 816 g/mol. The van der Waals surface area contributed by atoms with E-state index in [1.807, 2.05) is 52.0 Å². The summed E-state index contributed by atoms with van der Waals surface area (Å²) in [5.41, 5.74) is 4.86. The molecule has 0 saturated carbocycles. The summed E-state index contributed by atoms with van der Waals surface area (Å²) in [6.45, 7) is 15.5. The fourth-order valence-corrected chi connectivity index (χ4v) is 5.28. The summed E-state index contributed by atoms with van der Waals surface area (Å²) in [5.74, 6) is 0.500. The van der Waals surface area contributed by atoms with Crippen molar-refractivity contribution >= 4 is 72.1 Å². The summed E-state index contributed by atoms with van der Waals surface area (Å²) < 4.78 is 6.45. The summed E-state index contributed by atoms with van der Waals surface area (Å²) in [4.78, 5) is 27.5. The Morgan fingerprint density at radius 2 is 1.54 bits per heavy atom. The zero-order chi connectivity index (χ0) is 34.2. The Balaban J connectivity index is 0.000000977. The number of halogens is 2. The smallest absolute Gasteiger partial charge is 0.464 e. The van der Waals surface area contributed by atoms with Crippen LogP contribution in [0.25, 0.3) is 33.5 Å². The third kappa shape index (κ3) is 10.1. The van der Waals surface area contributed by atoms with Gasteiger partial charge in [0.1, 0.15) is 11.0 Å². The normalized spacial score (nSPS) is 10.0. The van der Waals surface area contributed by atoms with Crippen LogP contribution in [0.4, 0.5) is 5.82 Å². The van der Waals surface area contributed by atoms with Crippen LogP contribution < -0.4 is 4.90 Å². The molecule has 46 heavy (non-hydrogen) atoms. The van der Waals surface area contributed by atoms with Crippen molar-refractivity contribution in [3.8, 4) is 22.5 Å². The van der Waals surface area contributed by atoms with E-state index in [0.717, 1.165) is 28.7 Å². The summed E-state index contributed by atoms with van der Waals surface area (Å²) >= 11 is 13.2. The van der Waals surface area contributed by atoms with Gasteiger partial charge in [0.25, 0.3) is 0 Å². The Morgan fingerprint density at radius 1 is 0.913 bits per heavy atom. The predicted molar refractivity (Wildman–Crippen MR) is 189 cm³/mol. The number of pyridine rings is 1. The molecule has 242 valence electrons. The van der Waals surface area contributed by atoms with Gasteiger partial charge >= 0.3 is 150 Å². The molecule has 0 unspecified atom stereocenters. The van der Waals surface area contributed by atoms with Crippen molar-refractivity contribution in [2.75, 3.05) is 18.6 Å². The van der Waals surface area contributed by atoms with Gasteiger partial charge in [0.2, 0.25) is 5.28 Å². The van der Waals surface area contributed by atoms with Gasteiger partial charge in [-0.2, -0.15) is 4.98 Å². The van der Waals surface area contributed by atoms with Gasteiger partial charge < -0.3 is 4.74 Å². The van der Waals surface area contributed by atoms with Gasteiger partial charge in [-0.3, -0.25) is 0 Å². The third-order valence-corrected chi connectivity index (χ3v) is 7.29. The van der Waals surface area contributed by atoms with Crippen LogP contribution in [0.15, 0.2) is 54.6 Å². The van der Waals surface area contributed by atoms with Crippen molar-refractivity contribution in [1.82, 2.24) is 33.0 Å². The maximum atomic E-state index is 12.2. The molecule has 3 heterocycles. The molecule has 0 atom stereocenters. The van der Waals surface area contributed by atoms with Crippen LogP contribution in [0.2, 0.25) is 10.3 Å². The van der Waals surface area contributed by atoms with Crippen LogP contribution in [-0.4, -0.2) is 78.7 Å². The van der Waals surface area contributed by atoms with Gasteiger partial charge in [0.05, 0.1) is 12.1 Å². The van der Waals surface area contributed by atoms with E-state index in [-0.39, 0.29) is 16.0 Å². The number of fused-ring (bicyclic) bond motifs is 1. The number of esters is 1. The first-order chi connectivity index (χ1) is 22.3. The topological polar surface area (TPSA) is 112 Å². The number of ether oxygens (including phenoxy) is 1. The minimum Gasteiger partial charge on any atom is -0.464 e. The minimum absolute atomic E-state index is 0.0425. The van der Waals surface area contributed by atoms with Gasteiger partial charge in [-0.25, -0.2) is 14.8 Å². The van der Waals surface area contributed by atoms with Crippen LogP contribution in [0.3, 0.4) is 0 Å². The van der Waals surface area contributed by atoms with Crippen molar-refractivity contribution < 1.29 is 9.53 Å². The van der Waals surface area contributed by atoms with Crippen molar-refractivity contribution in [1.29, 1.82) is 0 Å². The molecule has 0 aliphatic rings. The minimum atomic E-state index is -0.600. The van der Waals surface area contributed by atoms with Crippen molar-refractivity contribution in [2.24, 2.45) is 0 Å². The second-order valence-corrected chi connectivity index (χ2v) is 11.8. The van der Waals surface area contributed by atoms with Gasteiger partial charge in [-0.15, -0.1) is 0 Å². The zero-order valence-electron chi connectivity index (χ0n) is 27.8. The maximum absolute atomic E-state index is 12.2. The van der Waals surface area contributed by atoms with Crippen LogP contribution in [-0.2, 0) is 11.3 Å². The first-order valence-electron chi connectivity index (χ1n) is 15.4. The molecule has 2 aromatic carbocycles. The Bertz CT molecular complexity index is 1680. The first kappa shape index (κ1) is 39.0. The van der Waals surface area contributed by atoms with Crippen LogP contribution >= 0.6 is 23.2 Å². The SMILES string of the molecule is CC.CC.CCC.CCCN(Cc1ccc(-c2ccccc2-c2nn[n]([Tl])n2)cc1)c1nc(Cl)nc2c(Cl)cc(C(=O)OC)nc12. The van der Waals surface area contributed by atoms with Crippen molar-refractivity contribution in [2.45, 2.75) is 67.9 Å². The van der Waals surface area contributed by atoms with Gasteiger partial charge in [0.15, 0.2) is 5.69 Å². The molecule has 5 aromatic rings. The summed E-state index contributed by atoms with van der Waals surface area (Å²) in [5, 5.41) is 13.0. The van der Waals surface area contributed by atoms with E-state index in [4.69, 9.17) is 27.9 Å². The molecule has 10 nitrogen and oxygen atoms in total. The van der Waals surface area contributed by atoms with Crippen LogP contribution in [0, 0.1) is 0 Å². The van der Waals surface area contributed by atoms with Gasteiger partial charge in [-0.05, 0) is 24.1 Å². The molecule has 0 saturated heterocycles. The number of carbonyl (C=O) groups is 1. The van der Waals surface area contributed by atoms with Crippen LogP contribution in [0.5, 0.6) is 0 Å². The Hall–Kier alpha value is -3.23. The molecule has 0 aliphatic heterocycles. The number of tetrazole rings is 1. The summed E-state index contributed by atoms with van der Waals surface area (Å²) in [6, 6.07) is 17.7. The number of benzene rings is 2. The molecule has 0 aliphatic carbocycles. The fourth-order valence-electron chi connectivity index (χ4n) is 4.26. The van der Waals surface area contributed by atoms with E-state index < -0.39 is 5.97 Å². The third-order valence-electron chi connectivity index (χ3n) is 5.98. The number of hydrogen-bond donors (Lipinski definition) is 0. The van der Waals surface area contributed by atoms with Crippen LogP contribution in [0.1, 0.15) is 77.4 Å². The first-order valence-corrected chi connectivity index (χ1v) is 18.2. The Labute approximate surface area is 298 Å². The standard InChI is InChI=1S/C26H21Cl2N8O2.C3H8.2C2H6.Tl/c1-3-12-36(24-22-21(30-26(28)31-24)19(27)13-20(29-22)25(37)38-2)14-15-8-10-16(11-9-15)17-6-4-5-7-18(17)23-32-34-35-33-23;1-3-2;2*1-2;/h4-11,13H,3,12,14H2,1-2H3;3H2,1-2H3;2*1-2H3;/q-1;;;;+1. The van der Waals surface area contributed by atoms with E-state index >= 15 is 0 Å². The number of carbonyl (C=O) groups excluding carboxylic acids is 1. The van der Waals surface area contributed by atoms with E-state index in [2.05, 4.69) is 80.3 Å². The fraction of sp³-hybridized carbons (Fsp3) is 0.364. The molecular formula is C33H41Cl2N8O2Tl. The Morgan fingerprint density at radius 3 is 2.11 bits per heavy atom. The number of methoxy groups -OCH3 is 1. The average Bonchev–Trinajstić information content (AvgIpc) is 3.52. The quantitative estimate of drug-likeness (QED) is 0.0866. The van der Waals surface area contributed by atoms with E-state index in [0.29, 0.717) is 61.8 Å². The number of rotatable bonds is 8. The van der Waals surface area contributed by atoms with E-state index in [1.54, 1.807) is 2.61 Å². The molecule has 0 amide bonds. The van der Waals surface area contributed by atoms with E-state index in [9.17, 15) is 4.79 Å². The number of aromatic nitrogens is 7. The van der Waals surface area contributed by atoms with Crippen molar-refractivity contribution in [3.05, 3.63) is 76.2 Å². The second kappa shape index (κ2) is 20.1. The number of nitrogens with zero attached hydrogens (tertiary/aromatic N) is 8. The molecule has 13 heteroatoms. The monoisotopic (exact) mass is 856 g/mol. The summed E-state index contributed by atoms with van der Waals surface area (Å²) in [6.07, 6.45) is 2.09. The molecule has 0 spiro atoms. The van der Waals surface area contributed by atoms with Crippen molar-refractivity contribution in [3.63, 3.8) is 0 Å². The molecule has 0 bridgehead atoms. The molecule has 5 rings (SSSR count). The second-order valence-electron chi connectivity index (χ2n) is 9.30.